The molecule has 0 aromatic rings. The molecule has 0 aliphatic rings. The molecule has 0 saturated heterocycles. The highest BCUT2D eigenvalue weighted by atomic mass is 17.0. The van der Waals surface area contributed by atoms with Crippen LogP contribution >= 0.6 is 0 Å². The Balaban J connectivity index is 4.51. The van der Waals surface area contributed by atoms with Gasteiger partial charge in [-0.15, -0.1) is 0 Å². The molecule has 0 aliphatic carbocycles. The Morgan fingerprint density at radius 3 is 1.69 bits per heavy atom. The molecule has 0 unspecified atom stereocenters. The Hall–Kier alpha value is -0.650. The van der Waals surface area contributed by atoms with E-state index >= 15 is 0 Å². The minimum Gasteiger partial charge on any atom is -0.384 e. The zero-order valence-electron chi connectivity index (χ0n) is 10.6. The normalized spacial score (nSPS) is 11.5. The first kappa shape index (κ1) is 15.3. The standard InChI is InChI=1S/C11H22O5/c1-5-9-10(12)16-11(13-6-2,14-7-3)15-8-4/h5-9H2,1-4H3. The Morgan fingerprint density at radius 1 is 0.938 bits per heavy atom. The highest BCUT2D eigenvalue weighted by Gasteiger charge is 2.38. The van der Waals surface area contributed by atoms with Crippen molar-refractivity contribution in [2.24, 2.45) is 0 Å². The number of hydrogen-bond acceptors (Lipinski definition) is 5. The van der Waals surface area contributed by atoms with Crippen molar-refractivity contribution in [1.29, 1.82) is 0 Å². The van der Waals surface area contributed by atoms with E-state index in [9.17, 15) is 4.79 Å². The summed E-state index contributed by atoms with van der Waals surface area (Å²) in [7, 11) is 0. The maximum absolute atomic E-state index is 11.4. The van der Waals surface area contributed by atoms with Crippen molar-refractivity contribution in [1.82, 2.24) is 0 Å². The topological polar surface area (TPSA) is 54.0 Å². The summed E-state index contributed by atoms with van der Waals surface area (Å²) in [5.74, 6) is -0.391. The number of esters is 1. The monoisotopic (exact) mass is 234 g/mol. The third-order valence-corrected chi connectivity index (χ3v) is 1.66. The van der Waals surface area contributed by atoms with Gasteiger partial charge in [0, 0.05) is 6.42 Å². The molecule has 0 amide bonds. The van der Waals surface area contributed by atoms with Gasteiger partial charge in [-0.05, 0) is 27.2 Å². The van der Waals surface area contributed by atoms with Gasteiger partial charge < -0.3 is 4.74 Å². The van der Waals surface area contributed by atoms with E-state index in [2.05, 4.69) is 0 Å². The second kappa shape index (κ2) is 8.50. The Bertz CT molecular complexity index is 176. The van der Waals surface area contributed by atoms with Crippen LogP contribution < -0.4 is 0 Å². The van der Waals surface area contributed by atoms with Crippen LogP contribution in [0.4, 0.5) is 0 Å². The van der Waals surface area contributed by atoms with E-state index in [1.807, 2.05) is 6.92 Å². The average molecular weight is 234 g/mol. The highest BCUT2D eigenvalue weighted by molar-refractivity contribution is 5.69. The lowest BCUT2D eigenvalue weighted by Crippen LogP contribution is -2.44. The molecular formula is C11H22O5. The fourth-order valence-corrected chi connectivity index (χ4v) is 1.14. The number of rotatable bonds is 9. The van der Waals surface area contributed by atoms with E-state index in [-0.39, 0.29) is 0 Å². The number of hydrogen-bond donors (Lipinski definition) is 0. The van der Waals surface area contributed by atoms with Crippen LogP contribution in [0.15, 0.2) is 0 Å². The molecule has 5 heteroatoms. The highest BCUT2D eigenvalue weighted by Crippen LogP contribution is 2.18. The summed E-state index contributed by atoms with van der Waals surface area (Å²) < 4.78 is 20.8. The molecule has 0 heterocycles. The summed E-state index contributed by atoms with van der Waals surface area (Å²) in [5, 5.41) is 0. The summed E-state index contributed by atoms with van der Waals surface area (Å²) in [6, 6.07) is 0. The fraction of sp³-hybridized carbons (Fsp3) is 0.909. The van der Waals surface area contributed by atoms with Crippen LogP contribution in [0.1, 0.15) is 40.5 Å². The van der Waals surface area contributed by atoms with Crippen molar-refractivity contribution in [3.8, 4) is 0 Å². The molecule has 0 atom stereocenters. The molecule has 0 saturated carbocycles. The van der Waals surface area contributed by atoms with Gasteiger partial charge in [0.05, 0.1) is 19.8 Å². The molecule has 5 nitrogen and oxygen atoms in total. The molecule has 0 N–H and O–H groups in total. The lowest BCUT2D eigenvalue weighted by atomic mass is 10.3. The molecule has 0 fully saturated rings. The number of ether oxygens (including phenoxy) is 4. The first-order chi connectivity index (χ1) is 7.64. The first-order valence-electron chi connectivity index (χ1n) is 5.77. The van der Waals surface area contributed by atoms with E-state index in [0.29, 0.717) is 32.7 Å². The largest absolute Gasteiger partial charge is 0.462 e. The van der Waals surface area contributed by atoms with Crippen LogP contribution in [0.2, 0.25) is 0 Å². The lowest BCUT2D eigenvalue weighted by molar-refractivity contribution is -0.480. The minimum atomic E-state index is -1.68. The second-order valence-corrected chi connectivity index (χ2v) is 3.02. The molecule has 0 radical (unpaired) electrons. The molecular weight excluding hydrogens is 212 g/mol. The smallest absolute Gasteiger partial charge is 0.384 e. The van der Waals surface area contributed by atoms with Crippen LogP contribution in [0, 0.1) is 0 Å². The van der Waals surface area contributed by atoms with Gasteiger partial charge >= 0.3 is 12.1 Å². The quantitative estimate of drug-likeness (QED) is 0.451. The number of carbonyl (C=O) groups is 1. The predicted octanol–water partition coefficient (Wildman–Crippen LogP) is 2.05. The van der Waals surface area contributed by atoms with E-state index in [4.69, 9.17) is 18.9 Å². The summed E-state index contributed by atoms with van der Waals surface area (Å²) >= 11 is 0. The summed E-state index contributed by atoms with van der Waals surface area (Å²) in [6.07, 6.45) is -0.654. The first-order valence-corrected chi connectivity index (χ1v) is 5.77. The van der Waals surface area contributed by atoms with Gasteiger partial charge in [0.25, 0.3) is 0 Å². The van der Waals surface area contributed by atoms with E-state index in [1.54, 1.807) is 20.8 Å². The fourth-order valence-electron chi connectivity index (χ4n) is 1.14. The number of carbonyl (C=O) groups excluding carboxylic acids is 1. The van der Waals surface area contributed by atoms with Crippen LogP contribution in [0.5, 0.6) is 0 Å². The molecule has 0 aromatic heterocycles. The summed E-state index contributed by atoms with van der Waals surface area (Å²) in [5.41, 5.74) is 0. The zero-order chi connectivity index (χ0) is 12.4. The van der Waals surface area contributed by atoms with Gasteiger partial charge in [0.2, 0.25) is 0 Å². The van der Waals surface area contributed by atoms with Gasteiger partial charge in [-0.25, -0.2) is 0 Å². The third kappa shape index (κ3) is 5.44. The summed E-state index contributed by atoms with van der Waals surface area (Å²) in [4.78, 5) is 11.4. The molecule has 0 spiro atoms. The average Bonchev–Trinajstić information content (AvgIpc) is 2.18. The van der Waals surface area contributed by atoms with Crippen LogP contribution in [-0.4, -0.2) is 31.9 Å². The van der Waals surface area contributed by atoms with Crippen LogP contribution in [0.25, 0.3) is 0 Å². The zero-order valence-corrected chi connectivity index (χ0v) is 10.6. The lowest BCUT2D eigenvalue weighted by Gasteiger charge is -2.30. The molecule has 16 heavy (non-hydrogen) atoms. The maximum atomic E-state index is 11.4. The van der Waals surface area contributed by atoms with Gasteiger partial charge in [-0.3, -0.25) is 19.0 Å². The van der Waals surface area contributed by atoms with Crippen molar-refractivity contribution in [3.05, 3.63) is 0 Å². The van der Waals surface area contributed by atoms with Crippen LogP contribution in [0.3, 0.4) is 0 Å². The molecule has 0 aliphatic heterocycles. The minimum absolute atomic E-state index is 0.314. The van der Waals surface area contributed by atoms with Gasteiger partial charge in [-0.2, -0.15) is 0 Å². The molecule has 0 bridgehead atoms. The predicted molar refractivity (Wildman–Crippen MR) is 58.6 cm³/mol. The van der Waals surface area contributed by atoms with E-state index in [0.717, 1.165) is 0 Å². The van der Waals surface area contributed by atoms with Crippen molar-refractivity contribution in [2.45, 2.75) is 46.7 Å². The van der Waals surface area contributed by atoms with Crippen LogP contribution in [-0.2, 0) is 23.7 Å². The van der Waals surface area contributed by atoms with Gasteiger partial charge in [0.15, 0.2) is 0 Å². The SMILES string of the molecule is CCCC(=O)OC(OCC)(OCC)OCC. The van der Waals surface area contributed by atoms with Crippen molar-refractivity contribution in [3.63, 3.8) is 0 Å². The van der Waals surface area contributed by atoms with E-state index in [1.165, 1.54) is 0 Å². The van der Waals surface area contributed by atoms with E-state index < -0.39 is 12.1 Å². The molecule has 96 valence electrons. The Morgan fingerprint density at radius 2 is 1.38 bits per heavy atom. The maximum Gasteiger partial charge on any atom is 0.462 e. The summed E-state index contributed by atoms with van der Waals surface area (Å²) in [6.45, 7) is 8.23. The Kier molecular flexibility index (Phi) is 8.15. The molecule has 0 rings (SSSR count). The van der Waals surface area contributed by atoms with Crippen molar-refractivity contribution in [2.75, 3.05) is 19.8 Å². The van der Waals surface area contributed by atoms with Crippen molar-refractivity contribution < 1.29 is 23.7 Å². The van der Waals surface area contributed by atoms with Gasteiger partial charge in [-0.1, -0.05) is 6.92 Å². The Labute approximate surface area is 97.0 Å². The van der Waals surface area contributed by atoms with Gasteiger partial charge in [0.1, 0.15) is 0 Å². The second-order valence-electron chi connectivity index (χ2n) is 3.02. The van der Waals surface area contributed by atoms with Crippen molar-refractivity contribution >= 4 is 5.97 Å². The third-order valence-electron chi connectivity index (χ3n) is 1.66. The molecule has 0 aromatic carbocycles.